The standard InChI is InChI=1S/C23H34N6O4/c1-14-9-10-29(20(14)22(32)26-15-5-3-2-4-6-15)23(33)18(11-16-12-24-13-25-16)28-21(31)17-7-8-19(30)27-17/h12-15,17-18,20H,2-11H2,1H3,(H,24,25)(H,26,32)(H,27,30)(H,28,31)/t14-,17-,18-,20-/m0/s1. The van der Waals surface area contributed by atoms with Gasteiger partial charge in [-0.15, -0.1) is 0 Å². The molecule has 0 radical (unpaired) electrons. The van der Waals surface area contributed by atoms with Gasteiger partial charge in [-0.05, 0) is 31.6 Å². The molecule has 1 aromatic heterocycles. The Hall–Kier alpha value is -2.91. The molecule has 3 fully saturated rings. The highest BCUT2D eigenvalue weighted by atomic mass is 16.2. The molecule has 1 aliphatic carbocycles. The first-order chi connectivity index (χ1) is 15.9. The summed E-state index contributed by atoms with van der Waals surface area (Å²) in [5.41, 5.74) is 0.708. The van der Waals surface area contributed by atoms with Crippen LogP contribution in [0.15, 0.2) is 12.5 Å². The number of carbonyl (C=O) groups excluding carboxylic acids is 4. The van der Waals surface area contributed by atoms with E-state index in [9.17, 15) is 19.2 Å². The SMILES string of the molecule is C[C@H]1CCN(C(=O)[C@H](Cc2cnc[nH]2)NC(=O)[C@@H]2CCC(=O)N2)[C@@H]1C(=O)NC1CCCCC1. The zero-order chi connectivity index (χ0) is 23.4. The average molecular weight is 459 g/mol. The van der Waals surface area contributed by atoms with Crippen LogP contribution >= 0.6 is 0 Å². The molecule has 2 saturated heterocycles. The zero-order valence-corrected chi connectivity index (χ0v) is 19.1. The Balaban J connectivity index is 1.47. The van der Waals surface area contributed by atoms with Crippen LogP contribution in [0.4, 0.5) is 0 Å². The molecule has 10 nitrogen and oxygen atoms in total. The molecule has 33 heavy (non-hydrogen) atoms. The van der Waals surface area contributed by atoms with Crippen molar-refractivity contribution in [3.8, 4) is 0 Å². The highest BCUT2D eigenvalue weighted by molar-refractivity contribution is 5.96. The van der Waals surface area contributed by atoms with E-state index in [0.29, 0.717) is 25.1 Å². The van der Waals surface area contributed by atoms with E-state index in [2.05, 4.69) is 25.9 Å². The number of aromatic nitrogens is 2. The van der Waals surface area contributed by atoms with Crippen LogP contribution in [-0.4, -0.2) is 69.2 Å². The molecule has 3 heterocycles. The summed E-state index contributed by atoms with van der Waals surface area (Å²) in [6.07, 6.45) is 10.2. The number of nitrogens with zero attached hydrogens (tertiary/aromatic N) is 2. The Morgan fingerprint density at radius 3 is 2.61 bits per heavy atom. The summed E-state index contributed by atoms with van der Waals surface area (Å²) < 4.78 is 0. The number of hydrogen-bond donors (Lipinski definition) is 4. The first-order valence-corrected chi connectivity index (χ1v) is 12.1. The first kappa shape index (κ1) is 23.3. The van der Waals surface area contributed by atoms with Crippen LogP contribution in [-0.2, 0) is 25.6 Å². The fraction of sp³-hybridized carbons (Fsp3) is 0.696. The Labute approximate surface area is 193 Å². The number of rotatable bonds is 7. The van der Waals surface area contributed by atoms with Crippen molar-refractivity contribution in [1.29, 1.82) is 0 Å². The van der Waals surface area contributed by atoms with E-state index in [1.54, 1.807) is 11.1 Å². The van der Waals surface area contributed by atoms with Crippen LogP contribution in [0.1, 0.15) is 64.0 Å². The van der Waals surface area contributed by atoms with E-state index in [1.807, 2.05) is 6.92 Å². The summed E-state index contributed by atoms with van der Waals surface area (Å²) in [6, 6.07) is -1.88. The third kappa shape index (κ3) is 5.54. The summed E-state index contributed by atoms with van der Waals surface area (Å²) in [6.45, 7) is 2.47. The fourth-order valence-corrected chi connectivity index (χ4v) is 5.23. The maximum Gasteiger partial charge on any atom is 0.246 e. The zero-order valence-electron chi connectivity index (χ0n) is 19.1. The van der Waals surface area contributed by atoms with E-state index in [0.717, 1.165) is 32.1 Å². The van der Waals surface area contributed by atoms with Gasteiger partial charge in [-0.2, -0.15) is 0 Å². The van der Waals surface area contributed by atoms with Crippen molar-refractivity contribution >= 4 is 23.6 Å². The summed E-state index contributed by atoms with van der Waals surface area (Å²) in [5.74, 6) is -0.894. The topological polar surface area (TPSA) is 136 Å². The van der Waals surface area contributed by atoms with Gasteiger partial charge in [0.1, 0.15) is 18.1 Å². The minimum atomic E-state index is -0.856. The van der Waals surface area contributed by atoms with Crippen molar-refractivity contribution in [2.24, 2.45) is 5.92 Å². The molecule has 2 aliphatic heterocycles. The van der Waals surface area contributed by atoms with Gasteiger partial charge in [0.15, 0.2) is 0 Å². The lowest BCUT2D eigenvalue weighted by atomic mass is 9.94. The number of aromatic amines is 1. The molecule has 180 valence electrons. The van der Waals surface area contributed by atoms with E-state index in [1.165, 1.54) is 12.7 Å². The molecule has 0 unspecified atom stereocenters. The average Bonchev–Trinajstić information content (AvgIpc) is 3.55. The van der Waals surface area contributed by atoms with Gasteiger partial charge in [0.05, 0.1) is 6.33 Å². The summed E-state index contributed by atoms with van der Waals surface area (Å²) in [5, 5.41) is 8.64. The second kappa shape index (κ2) is 10.4. The van der Waals surface area contributed by atoms with Crippen molar-refractivity contribution in [3.63, 3.8) is 0 Å². The normalized spacial score (nSPS) is 26.6. The smallest absolute Gasteiger partial charge is 0.246 e. The Kier molecular flexibility index (Phi) is 7.29. The Morgan fingerprint density at radius 2 is 1.94 bits per heavy atom. The van der Waals surface area contributed by atoms with Crippen molar-refractivity contribution in [3.05, 3.63) is 18.2 Å². The third-order valence-corrected chi connectivity index (χ3v) is 7.11. The van der Waals surface area contributed by atoms with E-state index < -0.39 is 18.1 Å². The molecule has 4 atom stereocenters. The molecular weight excluding hydrogens is 424 g/mol. The van der Waals surface area contributed by atoms with Gasteiger partial charge in [-0.3, -0.25) is 19.2 Å². The predicted molar refractivity (Wildman–Crippen MR) is 120 cm³/mol. The first-order valence-electron chi connectivity index (χ1n) is 12.1. The fourth-order valence-electron chi connectivity index (χ4n) is 5.23. The van der Waals surface area contributed by atoms with Crippen LogP contribution in [0, 0.1) is 5.92 Å². The molecule has 0 aromatic carbocycles. The number of H-pyrrole nitrogens is 1. The van der Waals surface area contributed by atoms with Gasteiger partial charge in [-0.1, -0.05) is 26.2 Å². The largest absolute Gasteiger partial charge is 0.352 e. The number of hydrogen-bond acceptors (Lipinski definition) is 5. The number of amides is 4. The van der Waals surface area contributed by atoms with E-state index in [4.69, 9.17) is 0 Å². The lowest BCUT2D eigenvalue weighted by Gasteiger charge is -2.32. The van der Waals surface area contributed by atoms with Gasteiger partial charge in [0, 0.05) is 37.3 Å². The highest BCUT2D eigenvalue weighted by Crippen LogP contribution is 2.26. The minimum absolute atomic E-state index is 0.0372. The maximum absolute atomic E-state index is 13.6. The second-order valence-corrected chi connectivity index (χ2v) is 9.59. The number of carbonyl (C=O) groups is 4. The lowest BCUT2D eigenvalue weighted by molar-refractivity contribution is -0.142. The quantitative estimate of drug-likeness (QED) is 0.469. The molecule has 3 aliphatic rings. The van der Waals surface area contributed by atoms with E-state index >= 15 is 0 Å². The minimum Gasteiger partial charge on any atom is -0.352 e. The number of nitrogens with one attached hydrogen (secondary N) is 4. The molecule has 1 aromatic rings. The van der Waals surface area contributed by atoms with Gasteiger partial charge >= 0.3 is 0 Å². The highest BCUT2D eigenvalue weighted by Gasteiger charge is 2.43. The molecule has 0 bridgehead atoms. The summed E-state index contributed by atoms with van der Waals surface area (Å²) in [4.78, 5) is 59.8. The van der Waals surface area contributed by atoms with Crippen LogP contribution < -0.4 is 16.0 Å². The molecule has 0 spiro atoms. The van der Waals surface area contributed by atoms with Crippen molar-refractivity contribution in [1.82, 2.24) is 30.8 Å². The van der Waals surface area contributed by atoms with Crippen LogP contribution in [0.25, 0.3) is 0 Å². The van der Waals surface area contributed by atoms with E-state index in [-0.39, 0.29) is 42.0 Å². The molecule has 10 heteroatoms. The Morgan fingerprint density at radius 1 is 1.15 bits per heavy atom. The number of likely N-dealkylation sites (tertiary alicyclic amines) is 1. The van der Waals surface area contributed by atoms with Crippen molar-refractivity contribution in [2.75, 3.05) is 6.54 Å². The van der Waals surface area contributed by atoms with Crippen molar-refractivity contribution in [2.45, 2.75) is 88.9 Å². The molecule has 4 N–H and O–H groups in total. The molecule has 1 saturated carbocycles. The number of imidazole rings is 1. The predicted octanol–water partition coefficient (Wildman–Crippen LogP) is 0.402. The second-order valence-electron chi connectivity index (χ2n) is 9.59. The monoisotopic (exact) mass is 458 g/mol. The Bertz CT molecular complexity index is 866. The van der Waals surface area contributed by atoms with Crippen LogP contribution in [0.2, 0.25) is 0 Å². The molecule has 4 rings (SSSR count). The van der Waals surface area contributed by atoms with Gasteiger partial charge in [-0.25, -0.2) is 4.98 Å². The summed E-state index contributed by atoms with van der Waals surface area (Å²) in [7, 11) is 0. The van der Waals surface area contributed by atoms with Crippen LogP contribution in [0.3, 0.4) is 0 Å². The maximum atomic E-state index is 13.6. The van der Waals surface area contributed by atoms with Crippen molar-refractivity contribution < 1.29 is 19.2 Å². The molecule has 4 amide bonds. The van der Waals surface area contributed by atoms with Gasteiger partial charge < -0.3 is 25.8 Å². The summed E-state index contributed by atoms with van der Waals surface area (Å²) >= 11 is 0. The van der Waals surface area contributed by atoms with Gasteiger partial charge in [0.25, 0.3) is 0 Å². The third-order valence-electron chi connectivity index (χ3n) is 7.11. The van der Waals surface area contributed by atoms with Gasteiger partial charge in [0.2, 0.25) is 23.6 Å². The molecular formula is C23H34N6O4. The van der Waals surface area contributed by atoms with Crippen LogP contribution in [0.5, 0.6) is 0 Å². The lowest BCUT2D eigenvalue weighted by Crippen LogP contribution is -2.57.